The second kappa shape index (κ2) is 13.8. The lowest BCUT2D eigenvalue weighted by Crippen LogP contribution is -2.41. The van der Waals surface area contributed by atoms with Gasteiger partial charge >= 0.3 is 0 Å². The molecule has 0 aromatic heterocycles. The van der Waals surface area contributed by atoms with E-state index in [0.29, 0.717) is 24.6 Å². The molecule has 1 amide bonds. The summed E-state index contributed by atoms with van der Waals surface area (Å²) in [7, 11) is -3.94. The first-order chi connectivity index (χ1) is 16.9. The fourth-order valence-corrected chi connectivity index (χ4v) is 5.97. The quantitative estimate of drug-likeness (QED) is 0.331. The smallest absolute Gasteiger partial charge is 0.264 e. The molecule has 2 aromatic carbocycles. The largest absolute Gasteiger partial charge is 0.494 e. The van der Waals surface area contributed by atoms with Gasteiger partial charge in [0.1, 0.15) is 12.3 Å². The highest BCUT2D eigenvalue weighted by molar-refractivity contribution is 7.98. The summed E-state index contributed by atoms with van der Waals surface area (Å²) in [6.07, 6.45) is 7.84. The molecule has 1 fully saturated rings. The number of likely N-dealkylation sites (tertiary alicyclic amines) is 1. The van der Waals surface area contributed by atoms with E-state index in [1.165, 1.54) is 30.0 Å². The van der Waals surface area contributed by atoms with Crippen molar-refractivity contribution in [1.29, 1.82) is 0 Å². The van der Waals surface area contributed by atoms with E-state index >= 15 is 0 Å². The highest BCUT2D eigenvalue weighted by Gasteiger charge is 2.27. The maximum Gasteiger partial charge on any atom is 0.264 e. The fourth-order valence-electron chi connectivity index (χ4n) is 4.14. The molecular weight excluding hydrogens is 482 g/mol. The van der Waals surface area contributed by atoms with Gasteiger partial charge in [0.15, 0.2) is 0 Å². The summed E-state index contributed by atoms with van der Waals surface area (Å²) < 4.78 is 33.8. The van der Waals surface area contributed by atoms with Crippen molar-refractivity contribution >= 4 is 33.4 Å². The van der Waals surface area contributed by atoms with Crippen LogP contribution < -0.4 is 14.4 Å². The van der Waals surface area contributed by atoms with Gasteiger partial charge in [0.25, 0.3) is 10.0 Å². The van der Waals surface area contributed by atoms with Gasteiger partial charge in [-0.15, -0.1) is 11.8 Å². The Balaban J connectivity index is 1.69. The monoisotopic (exact) mass is 519 g/mol. The minimum Gasteiger partial charge on any atom is -0.494 e. The zero-order valence-corrected chi connectivity index (χ0v) is 22.4. The van der Waals surface area contributed by atoms with Gasteiger partial charge in [-0.3, -0.25) is 9.10 Å². The molecule has 1 saturated heterocycles. The average molecular weight is 520 g/mol. The van der Waals surface area contributed by atoms with Crippen molar-refractivity contribution in [2.24, 2.45) is 0 Å². The van der Waals surface area contributed by atoms with Crippen LogP contribution in [0.15, 0.2) is 58.3 Å². The number of ether oxygens (including phenoxy) is 1. The van der Waals surface area contributed by atoms with Crippen molar-refractivity contribution in [2.75, 3.05) is 49.9 Å². The van der Waals surface area contributed by atoms with Crippen molar-refractivity contribution in [2.45, 2.75) is 48.8 Å². The third-order valence-electron chi connectivity index (χ3n) is 6.04. The predicted octanol–water partition coefficient (Wildman–Crippen LogP) is 4.38. The summed E-state index contributed by atoms with van der Waals surface area (Å²) in [5.74, 6) is 0.329. The third kappa shape index (κ3) is 8.15. The lowest BCUT2D eigenvalue weighted by atomic mass is 10.2. The van der Waals surface area contributed by atoms with Gasteiger partial charge in [-0.25, -0.2) is 8.42 Å². The molecule has 0 spiro atoms. The SMILES string of the molecule is CCOc1ccc(N(CC(=O)NCCCN2CCCCCC2)S(=O)(=O)c2ccc(SC)cc2)cc1. The van der Waals surface area contributed by atoms with Gasteiger partial charge in [0.2, 0.25) is 5.91 Å². The van der Waals surface area contributed by atoms with Gasteiger partial charge in [0, 0.05) is 11.4 Å². The molecule has 0 aliphatic carbocycles. The van der Waals surface area contributed by atoms with Crippen LogP contribution in [0.25, 0.3) is 0 Å². The van der Waals surface area contributed by atoms with E-state index in [9.17, 15) is 13.2 Å². The molecule has 0 radical (unpaired) electrons. The number of amides is 1. The van der Waals surface area contributed by atoms with Crippen LogP contribution in [0.3, 0.4) is 0 Å². The van der Waals surface area contributed by atoms with Crippen molar-refractivity contribution in [1.82, 2.24) is 10.2 Å². The number of thioether (sulfide) groups is 1. The van der Waals surface area contributed by atoms with Gasteiger partial charge in [0.05, 0.1) is 17.2 Å². The Morgan fingerprint density at radius 2 is 1.69 bits per heavy atom. The Hall–Kier alpha value is -2.23. The Kier molecular flexibility index (Phi) is 10.7. The lowest BCUT2D eigenvalue weighted by molar-refractivity contribution is -0.119. The number of anilines is 1. The molecule has 0 unspecified atom stereocenters. The van der Waals surface area contributed by atoms with Crippen molar-refractivity contribution in [3.63, 3.8) is 0 Å². The van der Waals surface area contributed by atoms with E-state index in [4.69, 9.17) is 4.74 Å². The van der Waals surface area contributed by atoms with E-state index in [0.717, 1.165) is 31.0 Å². The van der Waals surface area contributed by atoms with Crippen LogP contribution in [0.2, 0.25) is 0 Å². The maximum absolute atomic E-state index is 13.5. The zero-order valence-electron chi connectivity index (χ0n) is 20.7. The topological polar surface area (TPSA) is 79.0 Å². The Bertz CT molecular complexity index is 1020. The first-order valence-corrected chi connectivity index (χ1v) is 15.0. The molecule has 9 heteroatoms. The van der Waals surface area contributed by atoms with Gasteiger partial charge in [-0.05, 0) is 101 Å². The van der Waals surface area contributed by atoms with E-state index in [2.05, 4.69) is 10.2 Å². The van der Waals surface area contributed by atoms with Crippen molar-refractivity contribution < 1.29 is 17.9 Å². The molecule has 1 aliphatic rings. The van der Waals surface area contributed by atoms with E-state index in [1.54, 1.807) is 60.3 Å². The van der Waals surface area contributed by atoms with Crippen molar-refractivity contribution in [3.05, 3.63) is 48.5 Å². The summed E-state index contributed by atoms with van der Waals surface area (Å²) >= 11 is 1.54. The number of nitrogens with one attached hydrogen (secondary N) is 1. The number of benzene rings is 2. The number of hydrogen-bond donors (Lipinski definition) is 1. The first-order valence-electron chi connectivity index (χ1n) is 12.3. The Morgan fingerprint density at radius 3 is 2.29 bits per heavy atom. The van der Waals surface area contributed by atoms with Crippen molar-refractivity contribution in [3.8, 4) is 5.75 Å². The molecule has 1 aliphatic heterocycles. The Morgan fingerprint density at radius 1 is 1.03 bits per heavy atom. The van der Waals surface area contributed by atoms with Crippen LogP contribution in [0.4, 0.5) is 5.69 Å². The van der Waals surface area contributed by atoms with Crippen LogP contribution >= 0.6 is 11.8 Å². The molecule has 3 rings (SSSR count). The maximum atomic E-state index is 13.5. The first kappa shape index (κ1) is 27.4. The number of nitrogens with zero attached hydrogens (tertiary/aromatic N) is 2. The van der Waals surface area contributed by atoms with Gasteiger partial charge < -0.3 is 15.0 Å². The summed E-state index contributed by atoms with van der Waals surface area (Å²) in [4.78, 5) is 16.4. The van der Waals surface area contributed by atoms with Crippen LogP contribution in [0, 0.1) is 0 Å². The number of carbonyl (C=O) groups excluding carboxylic acids is 1. The predicted molar refractivity (Wildman–Crippen MR) is 143 cm³/mol. The highest BCUT2D eigenvalue weighted by atomic mass is 32.2. The molecule has 192 valence electrons. The van der Waals surface area contributed by atoms with Gasteiger partial charge in [-0.2, -0.15) is 0 Å². The highest BCUT2D eigenvalue weighted by Crippen LogP contribution is 2.27. The molecule has 35 heavy (non-hydrogen) atoms. The second-order valence-corrected chi connectivity index (χ2v) is 11.3. The normalized spacial score (nSPS) is 14.8. The van der Waals surface area contributed by atoms with Gasteiger partial charge in [-0.1, -0.05) is 12.8 Å². The lowest BCUT2D eigenvalue weighted by Gasteiger charge is -2.24. The molecule has 7 nitrogen and oxygen atoms in total. The third-order valence-corrected chi connectivity index (χ3v) is 8.57. The van der Waals surface area contributed by atoms with Crippen LogP contribution in [-0.4, -0.2) is 64.8 Å². The number of sulfonamides is 1. The fraction of sp³-hybridized carbons (Fsp3) is 0.500. The Labute approximate surface area is 214 Å². The number of carbonyl (C=O) groups is 1. The zero-order chi connectivity index (χ0) is 25.1. The molecular formula is C26H37N3O4S2. The van der Waals surface area contributed by atoms with E-state index < -0.39 is 10.0 Å². The molecule has 1 N–H and O–H groups in total. The molecule has 0 bridgehead atoms. The van der Waals surface area contributed by atoms with E-state index in [1.807, 2.05) is 13.2 Å². The molecule has 2 aromatic rings. The molecule has 0 saturated carbocycles. The summed E-state index contributed by atoms with van der Waals surface area (Å²) in [5.41, 5.74) is 0.419. The minimum absolute atomic E-state index is 0.151. The summed E-state index contributed by atoms with van der Waals surface area (Å²) in [5, 5.41) is 2.91. The molecule has 1 heterocycles. The summed E-state index contributed by atoms with van der Waals surface area (Å²) in [6.45, 7) is 5.82. The second-order valence-electron chi connectivity index (χ2n) is 8.57. The average Bonchev–Trinajstić information content (AvgIpc) is 3.15. The van der Waals surface area contributed by atoms with Crippen LogP contribution in [-0.2, 0) is 14.8 Å². The minimum atomic E-state index is -3.94. The van der Waals surface area contributed by atoms with E-state index in [-0.39, 0.29) is 17.3 Å². The molecule has 0 atom stereocenters. The van der Waals surface area contributed by atoms with Crippen LogP contribution in [0.5, 0.6) is 5.75 Å². The number of hydrogen-bond acceptors (Lipinski definition) is 6. The number of rotatable bonds is 12. The standard InChI is InChI=1S/C26H37N3O4S2/c1-3-33-23-11-9-22(10-12-23)29(35(31,32)25-15-13-24(34-2)14-16-25)21-26(30)27-17-8-20-28-18-6-4-5-7-19-28/h9-16H,3-8,17-21H2,1-2H3,(H,27,30). The van der Waals surface area contributed by atoms with Crippen LogP contribution in [0.1, 0.15) is 39.0 Å². The summed E-state index contributed by atoms with van der Waals surface area (Å²) in [6, 6.07) is 13.5.